The van der Waals surface area contributed by atoms with Crippen molar-refractivity contribution in [1.29, 1.82) is 0 Å². The molecule has 2 aliphatic heterocycles. The molecule has 0 radical (unpaired) electrons. The van der Waals surface area contributed by atoms with Crippen LogP contribution >= 0.6 is 0 Å². The van der Waals surface area contributed by atoms with E-state index < -0.39 is 0 Å². The Morgan fingerprint density at radius 3 is 2.85 bits per heavy atom. The van der Waals surface area contributed by atoms with Gasteiger partial charge in [0.2, 0.25) is 0 Å². The van der Waals surface area contributed by atoms with Gasteiger partial charge in [0.1, 0.15) is 23.7 Å². The first-order valence-electron chi connectivity index (χ1n) is 9.52. The van der Waals surface area contributed by atoms with E-state index in [4.69, 9.17) is 4.74 Å². The molecule has 2 aliphatic rings. The topological polar surface area (TPSA) is 53.5 Å². The standard InChI is InChI=1S/C20H27N5O/c1-26-18-6-4-5-17(11-18)25-10-7-16(14-25)13-21-19-12-20(23-15-22-19)24-8-2-3-9-24/h4-6,11-12,15-16H,2-3,7-10,13-14H2,1H3,(H,21,22,23). The number of aromatic nitrogens is 2. The zero-order chi connectivity index (χ0) is 17.8. The third-order valence-electron chi connectivity index (χ3n) is 5.36. The van der Waals surface area contributed by atoms with E-state index in [1.165, 1.54) is 24.9 Å². The number of ether oxygens (including phenoxy) is 1. The number of rotatable bonds is 6. The maximum Gasteiger partial charge on any atom is 0.134 e. The lowest BCUT2D eigenvalue weighted by Gasteiger charge is -2.20. The van der Waals surface area contributed by atoms with E-state index in [2.05, 4.69) is 49.4 Å². The largest absolute Gasteiger partial charge is 0.497 e. The van der Waals surface area contributed by atoms with Crippen LogP contribution in [0.25, 0.3) is 0 Å². The molecule has 0 bridgehead atoms. The predicted molar refractivity (Wildman–Crippen MR) is 105 cm³/mol. The fourth-order valence-electron chi connectivity index (χ4n) is 3.85. The van der Waals surface area contributed by atoms with Gasteiger partial charge in [-0.05, 0) is 37.3 Å². The Kier molecular flexibility index (Phi) is 5.09. The number of nitrogens with one attached hydrogen (secondary N) is 1. The number of methoxy groups -OCH3 is 1. The summed E-state index contributed by atoms with van der Waals surface area (Å²) in [5.41, 5.74) is 1.24. The predicted octanol–water partition coefficient (Wildman–Crippen LogP) is 3.02. The van der Waals surface area contributed by atoms with E-state index in [-0.39, 0.29) is 0 Å². The summed E-state index contributed by atoms with van der Waals surface area (Å²) in [6, 6.07) is 10.4. The van der Waals surface area contributed by atoms with Gasteiger partial charge in [-0.2, -0.15) is 0 Å². The molecule has 138 valence electrons. The lowest BCUT2D eigenvalue weighted by atomic mass is 10.1. The van der Waals surface area contributed by atoms with Gasteiger partial charge in [-0.25, -0.2) is 9.97 Å². The first-order chi connectivity index (χ1) is 12.8. The fourth-order valence-corrected chi connectivity index (χ4v) is 3.85. The van der Waals surface area contributed by atoms with Crippen molar-refractivity contribution in [2.24, 2.45) is 5.92 Å². The van der Waals surface area contributed by atoms with E-state index in [1.807, 2.05) is 6.07 Å². The molecule has 6 nitrogen and oxygen atoms in total. The number of benzene rings is 1. The first-order valence-corrected chi connectivity index (χ1v) is 9.52. The maximum absolute atomic E-state index is 5.34. The van der Waals surface area contributed by atoms with Gasteiger partial charge in [0.25, 0.3) is 0 Å². The van der Waals surface area contributed by atoms with Crippen LogP contribution in [0.3, 0.4) is 0 Å². The minimum absolute atomic E-state index is 0.617. The highest BCUT2D eigenvalue weighted by molar-refractivity contribution is 5.52. The molecule has 2 fully saturated rings. The highest BCUT2D eigenvalue weighted by atomic mass is 16.5. The molecule has 1 aromatic heterocycles. The number of nitrogens with zero attached hydrogens (tertiary/aromatic N) is 4. The van der Waals surface area contributed by atoms with E-state index in [0.29, 0.717) is 5.92 Å². The smallest absolute Gasteiger partial charge is 0.134 e. The van der Waals surface area contributed by atoms with Crippen molar-refractivity contribution >= 4 is 17.3 Å². The van der Waals surface area contributed by atoms with E-state index in [0.717, 1.165) is 50.1 Å². The normalized spacial score (nSPS) is 19.8. The van der Waals surface area contributed by atoms with E-state index in [1.54, 1.807) is 13.4 Å². The van der Waals surface area contributed by atoms with E-state index >= 15 is 0 Å². The zero-order valence-electron chi connectivity index (χ0n) is 15.4. The molecule has 3 heterocycles. The number of hydrogen-bond donors (Lipinski definition) is 1. The summed E-state index contributed by atoms with van der Waals surface area (Å²) in [6.45, 7) is 5.30. The lowest BCUT2D eigenvalue weighted by molar-refractivity contribution is 0.415. The van der Waals surface area contributed by atoms with Crippen molar-refractivity contribution in [2.45, 2.75) is 19.3 Å². The molecule has 1 aromatic carbocycles. The summed E-state index contributed by atoms with van der Waals surface area (Å²) >= 11 is 0. The second-order valence-electron chi connectivity index (χ2n) is 7.14. The average molecular weight is 353 g/mol. The molecule has 4 rings (SSSR count). The van der Waals surface area contributed by atoms with Gasteiger partial charge in [0.15, 0.2) is 0 Å². The molecule has 2 aromatic rings. The van der Waals surface area contributed by atoms with Gasteiger partial charge in [0, 0.05) is 50.5 Å². The van der Waals surface area contributed by atoms with Crippen LogP contribution in [0.5, 0.6) is 5.75 Å². The SMILES string of the molecule is COc1cccc(N2CCC(CNc3cc(N4CCCC4)ncn3)C2)c1. The molecule has 2 saturated heterocycles. The van der Waals surface area contributed by atoms with Crippen molar-refractivity contribution in [3.63, 3.8) is 0 Å². The van der Waals surface area contributed by atoms with Gasteiger partial charge >= 0.3 is 0 Å². The Morgan fingerprint density at radius 1 is 1.12 bits per heavy atom. The number of anilines is 3. The second kappa shape index (κ2) is 7.81. The minimum atomic E-state index is 0.617. The molecular weight excluding hydrogens is 326 g/mol. The molecule has 26 heavy (non-hydrogen) atoms. The Balaban J connectivity index is 1.32. The van der Waals surface area contributed by atoms with Gasteiger partial charge in [-0.3, -0.25) is 0 Å². The molecule has 1 atom stereocenters. The summed E-state index contributed by atoms with van der Waals surface area (Å²) < 4.78 is 5.34. The van der Waals surface area contributed by atoms with Crippen LogP contribution in [0.15, 0.2) is 36.7 Å². The summed E-state index contributed by atoms with van der Waals surface area (Å²) in [4.78, 5) is 13.6. The van der Waals surface area contributed by atoms with Gasteiger partial charge in [0.05, 0.1) is 7.11 Å². The van der Waals surface area contributed by atoms with Crippen LogP contribution in [0.2, 0.25) is 0 Å². The molecule has 1 unspecified atom stereocenters. The van der Waals surface area contributed by atoms with Crippen LogP contribution in [0.4, 0.5) is 17.3 Å². The van der Waals surface area contributed by atoms with Crippen molar-refractivity contribution < 1.29 is 4.74 Å². The fraction of sp³-hybridized carbons (Fsp3) is 0.500. The van der Waals surface area contributed by atoms with Crippen molar-refractivity contribution in [2.75, 3.05) is 55.0 Å². The summed E-state index contributed by atoms with van der Waals surface area (Å²) in [5, 5.41) is 3.52. The van der Waals surface area contributed by atoms with Crippen LogP contribution in [0, 0.1) is 5.92 Å². The van der Waals surface area contributed by atoms with Crippen molar-refractivity contribution in [1.82, 2.24) is 9.97 Å². The quantitative estimate of drug-likeness (QED) is 0.861. The van der Waals surface area contributed by atoms with Crippen molar-refractivity contribution in [3.8, 4) is 5.75 Å². The summed E-state index contributed by atoms with van der Waals surface area (Å²) in [5.74, 6) is 3.51. The third kappa shape index (κ3) is 3.84. The summed E-state index contributed by atoms with van der Waals surface area (Å²) in [7, 11) is 1.72. The highest BCUT2D eigenvalue weighted by Crippen LogP contribution is 2.27. The lowest BCUT2D eigenvalue weighted by Crippen LogP contribution is -2.23. The molecule has 0 aliphatic carbocycles. The minimum Gasteiger partial charge on any atom is -0.497 e. The van der Waals surface area contributed by atoms with Gasteiger partial charge in [-0.1, -0.05) is 6.07 Å². The second-order valence-corrected chi connectivity index (χ2v) is 7.14. The van der Waals surface area contributed by atoms with Crippen LogP contribution in [-0.2, 0) is 0 Å². The van der Waals surface area contributed by atoms with Gasteiger partial charge in [-0.15, -0.1) is 0 Å². The summed E-state index contributed by atoms with van der Waals surface area (Å²) in [6.07, 6.45) is 5.38. The average Bonchev–Trinajstić information content (AvgIpc) is 3.39. The Bertz CT molecular complexity index is 732. The maximum atomic E-state index is 5.34. The molecule has 0 saturated carbocycles. The van der Waals surface area contributed by atoms with Crippen LogP contribution in [-0.4, -0.2) is 49.8 Å². The van der Waals surface area contributed by atoms with Gasteiger partial charge < -0.3 is 19.9 Å². The highest BCUT2D eigenvalue weighted by Gasteiger charge is 2.23. The van der Waals surface area contributed by atoms with Crippen molar-refractivity contribution in [3.05, 3.63) is 36.7 Å². The molecule has 6 heteroatoms. The first kappa shape index (κ1) is 16.9. The Labute approximate surface area is 155 Å². The van der Waals surface area contributed by atoms with Crippen LogP contribution in [0.1, 0.15) is 19.3 Å². The Morgan fingerprint density at radius 2 is 2.00 bits per heavy atom. The Hall–Kier alpha value is -2.50. The molecular formula is C20H27N5O. The molecule has 1 N–H and O–H groups in total. The van der Waals surface area contributed by atoms with E-state index in [9.17, 15) is 0 Å². The molecule has 0 amide bonds. The number of hydrogen-bond acceptors (Lipinski definition) is 6. The zero-order valence-corrected chi connectivity index (χ0v) is 15.4. The monoisotopic (exact) mass is 353 g/mol. The molecule has 0 spiro atoms. The third-order valence-corrected chi connectivity index (χ3v) is 5.36. The van der Waals surface area contributed by atoms with Crippen LogP contribution < -0.4 is 19.9 Å².